The first-order valence-electron chi connectivity index (χ1n) is 8.44. The Hall–Kier alpha value is -3.81. The molecular weight excluding hydrogens is 364 g/mol. The Kier molecular flexibility index (Phi) is 4.23. The molecule has 8 heteroatoms. The van der Waals surface area contributed by atoms with Crippen LogP contribution in [0.15, 0.2) is 42.0 Å². The van der Waals surface area contributed by atoms with Gasteiger partial charge in [-0.25, -0.2) is 9.69 Å². The van der Waals surface area contributed by atoms with Crippen molar-refractivity contribution in [3.05, 3.63) is 53.1 Å². The van der Waals surface area contributed by atoms with E-state index in [0.29, 0.717) is 28.5 Å². The molecule has 0 atom stereocenters. The van der Waals surface area contributed by atoms with E-state index in [-0.39, 0.29) is 12.4 Å². The summed E-state index contributed by atoms with van der Waals surface area (Å²) in [5.74, 6) is -0.114. The maximum atomic E-state index is 13.0. The summed E-state index contributed by atoms with van der Waals surface area (Å²) in [6, 6.07) is 9.36. The number of nitrogens with zero attached hydrogens (tertiary/aromatic N) is 1. The Bertz CT molecular complexity index is 1040. The lowest BCUT2D eigenvalue weighted by atomic mass is 10.0. The molecule has 1 N–H and O–H groups in total. The topological polar surface area (TPSA) is 94.2 Å². The number of fused-ring (bicyclic) bond motifs is 1. The maximum absolute atomic E-state index is 13.0. The third-order valence-electron chi connectivity index (χ3n) is 4.48. The fraction of sp³-hybridized carbons (Fsp3) is 0.150. The molecule has 0 aliphatic carbocycles. The highest BCUT2D eigenvalue weighted by Crippen LogP contribution is 2.39. The molecule has 1 fully saturated rings. The predicted octanol–water partition coefficient (Wildman–Crippen LogP) is 2.40. The van der Waals surface area contributed by atoms with E-state index in [1.807, 2.05) is 0 Å². The van der Waals surface area contributed by atoms with Gasteiger partial charge in [-0.15, -0.1) is 0 Å². The van der Waals surface area contributed by atoms with E-state index in [2.05, 4.69) is 5.32 Å². The van der Waals surface area contributed by atoms with Crippen molar-refractivity contribution in [3.63, 3.8) is 0 Å². The summed E-state index contributed by atoms with van der Waals surface area (Å²) in [7, 11) is 1.46. The minimum absolute atomic E-state index is 0.0769. The summed E-state index contributed by atoms with van der Waals surface area (Å²) in [5, 5.41) is 2.21. The molecule has 0 bridgehead atoms. The number of nitrogens with one attached hydrogen (secondary N) is 1. The van der Waals surface area contributed by atoms with Gasteiger partial charge < -0.3 is 14.2 Å². The highest BCUT2D eigenvalue weighted by atomic mass is 16.7. The third-order valence-corrected chi connectivity index (χ3v) is 4.48. The third kappa shape index (κ3) is 2.84. The quantitative estimate of drug-likeness (QED) is 0.649. The van der Waals surface area contributed by atoms with Gasteiger partial charge in [-0.1, -0.05) is 18.2 Å². The Labute approximate surface area is 160 Å². The molecule has 2 aliphatic rings. The Balaban J connectivity index is 1.79. The molecule has 2 heterocycles. The van der Waals surface area contributed by atoms with E-state index in [1.165, 1.54) is 13.2 Å². The summed E-state index contributed by atoms with van der Waals surface area (Å²) in [5.41, 5.74) is 1.38. The molecule has 8 nitrogen and oxygen atoms in total. The molecule has 0 saturated carbocycles. The molecule has 0 spiro atoms. The molecular formula is C20H16N2O6. The van der Waals surface area contributed by atoms with Crippen LogP contribution in [-0.2, 0) is 9.59 Å². The monoisotopic (exact) mass is 380 g/mol. The molecule has 4 amide bonds. The van der Waals surface area contributed by atoms with Crippen LogP contribution in [0.3, 0.4) is 0 Å². The van der Waals surface area contributed by atoms with Crippen LogP contribution in [0.5, 0.6) is 17.2 Å². The fourth-order valence-electron chi connectivity index (χ4n) is 3.07. The molecule has 1 saturated heterocycles. The summed E-state index contributed by atoms with van der Waals surface area (Å²) < 4.78 is 16.0. The summed E-state index contributed by atoms with van der Waals surface area (Å²) in [6.45, 7) is 1.85. The normalized spacial score (nSPS) is 17.1. The second-order valence-corrected chi connectivity index (χ2v) is 6.19. The SMILES string of the molecule is COc1cc2c(cc1/C=C1/C(=O)NC(=O)N(c3ccccc3C)C1=O)OCO2. The van der Waals surface area contributed by atoms with Crippen molar-refractivity contribution >= 4 is 29.6 Å². The summed E-state index contributed by atoms with van der Waals surface area (Å²) in [4.78, 5) is 38.7. The molecule has 0 unspecified atom stereocenters. The predicted molar refractivity (Wildman–Crippen MR) is 99.3 cm³/mol. The number of barbiturate groups is 1. The van der Waals surface area contributed by atoms with Crippen LogP contribution in [0.25, 0.3) is 6.08 Å². The number of urea groups is 1. The fourth-order valence-corrected chi connectivity index (χ4v) is 3.07. The number of benzene rings is 2. The lowest BCUT2D eigenvalue weighted by Gasteiger charge is -2.27. The number of hydrogen-bond acceptors (Lipinski definition) is 6. The number of rotatable bonds is 3. The number of ether oxygens (including phenoxy) is 3. The molecule has 28 heavy (non-hydrogen) atoms. The van der Waals surface area contributed by atoms with Gasteiger partial charge in [0, 0.05) is 11.6 Å². The lowest BCUT2D eigenvalue weighted by molar-refractivity contribution is -0.122. The van der Waals surface area contributed by atoms with E-state index in [9.17, 15) is 14.4 Å². The van der Waals surface area contributed by atoms with Crippen LogP contribution < -0.4 is 24.4 Å². The number of carbonyl (C=O) groups excluding carboxylic acids is 3. The van der Waals surface area contributed by atoms with Crippen LogP contribution in [0.4, 0.5) is 10.5 Å². The van der Waals surface area contributed by atoms with Crippen molar-refractivity contribution in [1.29, 1.82) is 0 Å². The van der Waals surface area contributed by atoms with Crippen molar-refractivity contribution in [2.45, 2.75) is 6.92 Å². The highest BCUT2D eigenvalue weighted by Gasteiger charge is 2.37. The van der Waals surface area contributed by atoms with Crippen molar-refractivity contribution in [2.24, 2.45) is 0 Å². The first kappa shape index (κ1) is 17.6. The van der Waals surface area contributed by atoms with Gasteiger partial charge in [0.2, 0.25) is 6.79 Å². The maximum Gasteiger partial charge on any atom is 0.335 e. The zero-order chi connectivity index (χ0) is 19.8. The largest absolute Gasteiger partial charge is 0.496 e. The molecule has 0 radical (unpaired) electrons. The molecule has 2 aromatic rings. The van der Waals surface area contributed by atoms with Gasteiger partial charge in [-0.3, -0.25) is 14.9 Å². The summed E-state index contributed by atoms with van der Waals surface area (Å²) in [6.07, 6.45) is 1.37. The van der Waals surface area contributed by atoms with Crippen LogP contribution in [-0.4, -0.2) is 31.7 Å². The lowest BCUT2D eigenvalue weighted by Crippen LogP contribution is -2.54. The van der Waals surface area contributed by atoms with Crippen molar-refractivity contribution in [2.75, 3.05) is 18.8 Å². The van der Waals surface area contributed by atoms with Crippen LogP contribution in [0, 0.1) is 6.92 Å². The standard InChI is InChI=1S/C20H16N2O6/c1-11-5-3-4-6-14(11)22-19(24)13(18(23)21-20(22)25)7-12-8-16-17(28-10-27-16)9-15(12)26-2/h3-9H,10H2,1-2H3,(H,21,23,25)/b13-7-. The van der Waals surface area contributed by atoms with Crippen molar-refractivity contribution < 1.29 is 28.6 Å². The number of imide groups is 2. The molecule has 4 rings (SSSR count). The molecule has 2 aromatic carbocycles. The van der Waals surface area contributed by atoms with E-state index in [1.54, 1.807) is 43.3 Å². The average molecular weight is 380 g/mol. The number of methoxy groups -OCH3 is 1. The van der Waals surface area contributed by atoms with Crippen molar-refractivity contribution in [3.8, 4) is 17.2 Å². The van der Waals surface area contributed by atoms with Gasteiger partial charge in [0.05, 0.1) is 12.8 Å². The van der Waals surface area contributed by atoms with Crippen LogP contribution in [0.1, 0.15) is 11.1 Å². The number of para-hydroxylation sites is 1. The molecule has 2 aliphatic heterocycles. The molecule has 0 aromatic heterocycles. The number of carbonyl (C=O) groups is 3. The Morgan fingerprint density at radius 1 is 1.11 bits per heavy atom. The zero-order valence-corrected chi connectivity index (χ0v) is 15.1. The minimum Gasteiger partial charge on any atom is -0.496 e. The summed E-state index contributed by atoms with van der Waals surface area (Å²) >= 11 is 0. The number of aryl methyl sites for hydroxylation is 1. The average Bonchev–Trinajstić information content (AvgIpc) is 3.13. The second-order valence-electron chi connectivity index (χ2n) is 6.19. The Morgan fingerprint density at radius 3 is 2.54 bits per heavy atom. The number of anilines is 1. The zero-order valence-electron chi connectivity index (χ0n) is 15.1. The van der Waals surface area contributed by atoms with Gasteiger partial charge in [0.1, 0.15) is 11.3 Å². The van der Waals surface area contributed by atoms with Gasteiger partial charge in [-0.2, -0.15) is 0 Å². The van der Waals surface area contributed by atoms with Gasteiger partial charge in [0.25, 0.3) is 11.8 Å². The van der Waals surface area contributed by atoms with E-state index in [0.717, 1.165) is 10.5 Å². The Morgan fingerprint density at radius 2 is 1.82 bits per heavy atom. The minimum atomic E-state index is -0.792. The number of hydrogen-bond donors (Lipinski definition) is 1. The van der Waals surface area contributed by atoms with Crippen LogP contribution in [0.2, 0.25) is 0 Å². The first-order chi connectivity index (χ1) is 13.5. The van der Waals surface area contributed by atoms with E-state index in [4.69, 9.17) is 14.2 Å². The van der Waals surface area contributed by atoms with Crippen molar-refractivity contribution in [1.82, 2.24) is 5.32 Å². The van der Waals surface area contributed by atoms with Crippen LogP contribution >= 0.6 is 0 Å². The van der Waals surface area contributed by atoms with Gasteiger partial charge >= 0.3 is 6.03 Å². The smallest absolute Gasteiger partial charge is 0.335 e. The van der Waals surface area contributed by atoms with Gasteiger partial charge in [-0.05, 0) is 30.7 Å². The van der Waals surface area contributed by atoms with E-state index >= 15 is 0 Å². The molecule has 142 valence electrons. The van der Waals surface area contributed by atoms with E-state index < -0.39 is 17.8 Å². The highest BCUT2D eigenvalue weighted by molar-refractivity contribution is 6.39. The second kappa shape index (κ2) is 6.73. The number of amides is 4. The first-order valence-corrected chi connectivity index (χ1v) is 8.44. The van der Waals surface area contributed by atoms with Gasteiger partial charge in [0.15, 0.2) is 11.5 Å².